The largest absolute Gasteiger partial charge is 0.494 e. The van der Waals surface area contributed by atoms with E-state index in [9.17, 15) is 14.3 Å². The van der Waals surface area contributed by atoms with Gasteiger partial charge in [0.1, 0.15) is 29.5 Å². The Morgan fingerprint density at radius 2 is 1.77 bits per heavy atom. The summed E-state index contributed by atoms with van der Waals surface area (Å²) in [5.41, 5.74) is -0.593. The number of methoxy groups -OCH3 is 2. The number of aromatic nitrogens is 4. The molecular formula is C27H27ClFN5O6. The fourth-order valence-electron chi connectivity index (χ4n) is 3.92. The van der Waals surface area contributed by atoms with Crippen LogP contribution in [0.2, 0.25) is 5.02 Å². The van der Waals surface area contributed by atoms with Crippen LogP contribution in [0.1, 0.15) is 16.1 Å². The molecule has 11 nitrogen and oxygen atoms in total. The second kappa shape index (κ2) is 12.7. The molecule has 0 fully saturated rings. The van der Waals surface area contributed by atoms with Gasteiger partial charge in [-0.3, -0.25) is 4.79 Å². The third-order valence-corrected chi connectivity index (χ3v) is 6.22. The van der Waals surface area contributed by atoms with E-state index in [0.29, 0.717) is 28.5 Å². The van der Waals surface area contributed by atoms with Crippen molar-refractivity contribution in [1.29, 1.82) is 0 Å². The zero-order valence-electron chi connectivity index (χ0n) is 21.7. The minimum atomic E-state index is -1.78. The van der Waals surface area contributed by atoms with Crippen molar-refractivity contribution in [2.24, 2.45) is 0 Å². The van der Waals surface area contributed by atoms with Gasteiger partial charge in [0.2, 0.25) is 0 Å². The minimum absolute atomic E-state index is 0.0668. The zero-order valence-corrected chi connectivity index (χ0v) is 22.4. The molecule has 3 N–H and O–H groups in total. The molecule has 40 heavy (non-hydrogen) atoms. The Kier molecular flexibility index (Phi) is 9.15. The number of aliphatic hydroxyl groups is 2. The van der Waals surface area contributed by atoms with Gasteiger partial charge in [0.25, 0.3) is 5.91 Å². The van der Waals surface area contributed by atoms with Crippen LogP contribution >= 0.6 is 11.6 Å². The smallest absolute Gasteiger partial charge is 0.251 e. The van der Waals surface area contributed by atoms with E-state index in [2.05, 4.69) is 20.5 Å². The molecule has 0 spiro atoms. The lowest BCUT2D eigenvalue weighted by Crippen LogP contribution is -2.44. The number of nitrogens with zero attached hydrogens (tertiary/aromatic N) is 4. The summed E-state index contributed by atoms with van der Waals surface area (Å²) in [6, 6.07) is 11.8. The van der Waals surface area contributed by atoms with E-state index in [1.165, 1.54) is 61.7 Å². The Morgan fingerprint density at radius 3 is 2.45 bits per heavy atom. The molecule has 4 rings (SSSR count). The van der Waals surface area contributed by atoms with Gasteiger partial charge in [0.05, 0.1) is 57.0 Å². The number of carbonyl (C=O) groups excluding carboxylic acids is 1. The van der Waals surface area contributed by atoms with Crippen molar-refractivity contribution in [2.45, 2.75) is 12.1 Å². The molecule has 2 aromatic heterocycles. The van der Waals surface area contributed by atoms with Gasteiger partial charge in [-0.05, 0) is 48.5 Å². The lowest BCUT2D eigenvalue weighted by atomic mass is 9.97. The van der Waals surface area contributed by atoms with Crippen LogP contribution in [0.25, 0.3) is 11.3 Å². The van der Waals surface area contributed by atoms with Crippen LogP contribution in [0.3, 0.4) is 0 Å². The molecule has 0 aliphatic rings. The second-order valence-electron chi connectivity index (χ2n) is 8.59. The third kappa shape index (κ3) is 6.47. The fourth-order valence-corrected chi connectivity index (χ4v) is 4.10. The number of nitrogens with one attached hydrogen (secondary N) is 1. The van der Waals surface area contributed by atoms with Crippen LogP contribution < -0.4 is 19.5 Å². The number of halogens is 2. The predicted octanol–water partition coefficient (Wildman–Crippen LogP) is 2.84. The normalized spacial score (nSPS) is 12.4. The Bertz CT molecular complexity index is 1470. The standard InChI is InChI=1S/C27H27ClFN5O6/c1-38-22-7-8-24(33-25(22)17-3-5-20(29)19(28)13-17)27(37,16-34-31-9-10-32-34)15-30-26(36)18-4-6-21(40-12-11-35)23(14-18)39-2/h3-10,13-14,35,37H,11-12,15-16H2,1-2H3,(H,30,36). The molecular weight excluding hydrogens is 545 g/mol. The molecule has 4 aromatic rings. The van der Waals surface area contributed by atoms with Gasteiger partial charge in [0, 0.05) is 11.1 Å². The summed E-state index contributed by atoms with van der Waals surface area (Å²) in [6.45, 7) is -0.538. The maximum atomic E-state index is 13.8. The van der Waals surface area contributed by atoms with Crippen molar-refractivity contribution in [1.82, 2.24) is 25.3 Å². The molecule has 1 amide bonds. The van der Waals surface area contributed by atoms with Gasteiger partial charge in [-0.25, -0.2) is 9.37 Å². The first-order valence-electron chi connectivity index (χ1n) is 12.1. The number of benzene rings is 2. The van der Waals surface area contributed by atoms with Gasteiger partial charge >= 0.3 is 0 Å². The molecule has 0 radical (unpaired) electrons. The van der Waals surface area contributed by atoms with Crippen LogP contribution in [-0.2, 0) is 12.1 Å². The molecule has 210 valence electrons. The van der Waals surface area contributed by atoms with Gasteiger partial charge in [-0.15, -0.1) is 0 Å². The number of carbonyl (C=O) groups is 1. The van der Waals surface area contributed by atoms with E-state index in [1.54, 1.807) is 18.2 Å². The summed E-state index contributed by atoms with van der Waals surface area (Å²) in [7, 11) is 2.89. The Balaban J connectivity index is 1.65. The maximum absolute atomic E-state index is 13.8. The number of pyridine rings is 1. The number of rotatable bonds is 12. The minimum Gasteiger partial charge on any atom is -0.494 e. The summed E-state index contributed by atoms with van der Waals surface area (Å²) in [6.07, 6.45) is 2.91. The van der Waals surface area contributed by atoms with Crippen molar-refractivity contribution in [3.05, 3.63) is 83.0 Å². The van der Waals surface area contributed by atoms with Crippen molar-refractivity contribution >= 4 is 17.5 Å². The van der Waals surface area contributed by atoms with Gasteiger partial charge in [0.15, 0.2) is 11.5 Å². The van der Waals surface area contributed by atoms with E-state index in [0.717, 1.165) is 0 Å². The molecule has 0 bridgehead atoms. The molecule has 1 unspecified atom stereocenters. The first-order chi connectivity index (χ1) is 19.3. The van der Waals surface area contributed by atoms with E-state index in [4.69, 9.17) is 30.9 Å². The number of amides is 1. The summed E-state index contributed by atoms with van der Waals surface area (Å²) in [4.78, 5) is 19.0. The molecule has 0 aliphatic carbocycles. The van der Waals surface area contributed by atoms with Gasteiger partial charge in [-0.2, -0.15) is 15.0 Å². The van der Waals surface area contributed by atoms with E-state index in [-0.39, 0.29) is 42.6 Å². The average molecular weight is 572 g/mol. The monoisotopic (exact) mass is 571 g/mol. The molecule has 1 atom stereocenters. The highest BCUT2D eigenvalue weighted by atomic mass is 35.5. The molecule has 2 heterocycles. The number of hydrogen-bond donors (Lipinski definition) is 3. The predicted molar refractivity (Wildman–Crippen MR) is 143 cm³/mol. The number of ether oxygens (including phenoxy) is 3. The van der Waals surface area contributed by atoms with Crippen LogP contribution in [0.4, 0.5) is 4.39 Å². The summed E-state index contributed by atoms with van der Waals surface area (Å²) >= 11 is 5.99. The fraction of sp³-hybridized carbons (Fsp3) is 0.259. The first kappa shape index (κ1) is 28.7. The lowest BCUT2D eigenvalue weighted by Gasteiger charge is -2.28. The summed E-state index contributed by atoms with van der Waals surface area (Å²) in [5, 5.41) is 31.6. The van der Waals surface area contributed by atoms with Crippen molar-refractivity contribution in [2.75, 3.05) is 34.0 Å². The third-order valence-electron chi connectivity index (χ3n) is 5.93. The average Bonchev–Trinajstić information content (AvgIpc) is 3.48. The highest BCUT2D eigenvalue weighted by Crippen LogP contribution is 2.34. The molecule has 0 saturated carbocycles. The van der Waals surface area contributed by atoms with E-state index < -0.39 is 17.3 Å². The summed E-state index contributed by atoms with van der Waals surface area (Å²) < 4.78 is 30.0. The summed E-state index contributed by atoms with van der Waals surface area (Å²) in [5.74, 6) is -0.0561. The SMILES string of the molecule is COc1cc(C(=O)NCC(O)(Cn2nccn2)c2ccc(OC)c(-c3ccc(F)c(Cl)c3)n2)ccc1OCCO. The van der Waals surface area contributed by atoms with E-state index in [1.807, 2.05) is 0 Å². The van der Waals surface area contributed by atoms with Crippen molar-refractivity contribution in [3.63, 3.8) is 0 Å². The van der Waals surface area contributed by atoms with Crippen LogP contribution in [0, 0.1) is 5.82 Å². The molecule has 0 saturated heterocycles. The van der Waals surface area contributed by atoms with Crippen molar-refractivity contribution in [3.8, 4) is 28.5 Å². The molecule has 13 heteroatoms. The van der Waals surface area contributed by atoms with E-state index >= 15 is 0 Å². The van der Waals surface area contributed by atoms with Gasteiger partial charge in [-0.1, -0.05) is 11.6 Å². The van der Waals surface area contributed by atoms with Gasteiger partial charge < -0.3 is 29.7 Å². The van der Waals surface area contributed by atoms with Crippen LogP contribution in [-0.4, -0.2) is 70.1 Å². The maximum Gasteiger partial charge on any atom is 0.251 e. The topological polar surface area (TPSA) is 141 Å². The van der Waals surface area contributed by atoms with Crippen molar-refractivity contribution < 1.29 is 33.6 Å². The Labute approximate surface area is 234 Å². The zero-order chi connectivity index (χ0) is 28.7. The molecule has 0 aliphatic heterocycles. The first-order valence-corrected chi connectivity index (χ1v) is 12.4. The van der Waals surface area contributed by atoms with Crippen LogP contribution in [0.5, 0.6) is 17.2 Å². The quantitative estimate of drug-likeness (QED) is 0.234. The number of aliphatic hydroxyl groups excluding tert-OH is 1. The Hall–Kier alpha value is -4.26. The lowest BCUT2D eigenvalue weighted by molar-refractivity contribution is 0.00771. The molecule has 2 aromatic carbocycles. The Morgan fingerprint density at radius 1 is 1.05 bits per heavy atom. The van der Waals surface area contributed by atoms with Crippen LogP contribution in [0.15, 0.2) is 60.9 Å². The second-order valence-corrected chi connectivity index (χ2v) is 8.99. The highest BCUT2D eigenvalue weighted by Gasteiger charge is 2.34. The number of hydrogen-bond acceptors (Lipinski definition) is 9. The highest BCUT2D eigenvalue weighted by molar-refractivity contribution is 6.31.